The largest absolute Gasteiger partial charge is 0.496 e. The van der Waals surface area contributed by atoms with E-state index in [-0.39, 0.29) is 5.78 Å². The first-order chi connectivity index (χ1) is 9.15. The van der Waals surface area contributed by atoms with Crippen LogP contribution in [0.1, 0.15) is 27.7 Å². The van der Waals surface area contributed by atoms with Crippen molar-refractivity contribution in [1.29, 1.82) is 0 Å². The molecular weight excluding hydrogens is 260 g/mol. The van der Waals surface area contributed by atoms with E-state index >= 15 is 0 Å². The third-order valence-electron chi connectivity index (χ3n) is 2.71. The Morgan fingerprint density at radius 3 is 2.74 bits per heavy atom. The van der Waals surface area contributed by atoms with Crippen LogP contribution in [0, 0.1) is 6.92 Å². The number of thiophene rings is 1. The number of ether oxygens (including phenoxy) is 2. The van der Waals surface area contributed by atoms with E-state index in [1.165, 1.54) is 11.3 Å². The van der Waals surface area contributed by atoms with Crippen LogP contribution in [0.25, 0.3) is 0 Å². The van der Waals surface area contributed by atoms with Gasteiger partial charge in [-0.3, -0.25) is 4.79 Å². The first-order valence-corrected chi connectivity index (χ1v) is 6.94. The van der Waals surface area contributed by atoms with Gasteiger partial charge in [0.25, 0.3) is 0 Å². The molecule has 2 rings (SSSR count). The standard InChI is InChI=1S/C15H16O3S/c1-4-18-13-6-5-10(2)7-12(13)15(16)14-8-11(17-3)9-19-14/h5-9H,4H2,1-3H3. The molecule has 0 bridgehead atoms. The van der Waals surface area contributed by atoms with Crippen molar-refractivity contribution in [2.75, 3.05) is 13.7 Å². The smallest absolute Gasteiger partial charge is 0.206 e. The minimum Gasteiger partial charge on any atom is -0.496 e. The highest BCUT2D eigenvalue weighted by Gasteiger charge is 2.17. The summed E-state index contributed by atoms with van der Waals surface area (Å²) in [5.41, 5.74) is 1.64. The van der Waals surface area contributed by atoms with Gasteiger partial charge in [-0.05, 0) is 26.0 Å². The van der Waals surface area contributed by atoms with E-state index in [4.69, 9.17) is 9.47 Å². The van der Waals surface area contributed by atoms with Crippen molar-refractivity contribution in [3.8, 4) is 11.5 Å². The van der Waals surface area contributed by atoms with Crippen molar-refractivity contribution in [2.24, 2.45) is 0 Å². The molecule has 0 atom stereocenters. The molecule has 0 saturated heterocycles. The van der Waals surface area contributed by atoms with Gasteiger partial charge in [0, 0.05) is 11.4 Å². The van der Waals surface area contributed by atoms with Crippen molar-refractivity contribution < 1.29 is 14.3 Å². The Morgan fingerprint density at radius 1 is 1.32 bits per heavy atom. The summed E-state index contributed by atoms with van der Waals surface area (Å²) in [4.78, 5) is 13.2. The monoisotopic (exact) mass is 276 g/mol. The van der Waals surface area contributed by atoms with Crippen molar-refractivity contribution in [3.63, 3.8) is 0 Å². The second-order valence-electron chi connectivity index (χ2n) is 4.11. The van der Waals surface area contributed by atoms with E-state index in [2.05, 4.69) is 0 Å². The highest BCUT2D eigenvalue weighted by atomic mass is 32.1. The van der Waals surface area contributed by atoms with Gasteiger partial charge in [0.05, 0.1) is 24.2 Å². The Morgan fingerprint density at radius 2 is 2.11 bits per heavy atom. The number of hydrogen-bond donors (Lipinski definition) is 0. The summed E-state index contributed by atoms with van der Waals surface area (Å²) in [5, 5.41) is 1.82. The normalized spacial score (nSPS) is 10.3. The molecule has 0 fully saturated rings. The van der Waals surface area contributed by atoms with E-state index in [1.807, 2.05) is 37.4 Å². The predicted octanol–water partition coefficient (Wildman–Crippen LogP) is 3.69. The molecule has 1 heterocycles. The maximum absolute atomic E-state index is 12.5. The Balaban J connectivity index is 2.39. The van der Waals surface area contributed by atoms with Crippen LogP contribution >= 0.6 is 11.3 Å². The molecular formula is C15H16O3S. The molecule has 3 nitrogen and oxygen atoms in total. The van der Waals surface area contributed by atoms with Gasteiger partial charge in [-0.25, -0.2) is 0 Å². The second kappa shape index (κ2) is 5.89. The minimum atomic E-state index is -0.0274. The molecule has 2 aromatic rings. The molecule has 0 saturated carbocycles. The third kappa shape index (κ3) is 2.96. The molecule has 0 N–H and O–H groups in total. The molecule has 19 heavy (non-hydrogen) atoms. The Kier molecular flexibility index (Phi) is 4.22. The van der Waals surface area contributed by atoms with Gasteiger partial charge in [0.15, 0.2) is 0 Å². The molecule has 0 unspecified atom stereocenters. The molecule has 0 aliphatic carbocycles. The molecule has 1 aromatic heterocycles. The van der Waals surface area contributed by atoms with Gasteiger partial charge in [0.2, 0.25) is 5.78 Å². The number of ketones is 1. The summed E-state index contributed by atoms with van der Waals surface area (Å²) in [6, 6.07) is 7.40. The van der Waals surface area contributed by atoms with Gasteiger partial charge >= 0.3 is 0 Å². The van der Waals surface area contributed by atoms with Crippen LogP contribution in [-0.4, -0.2) is 19.5 Å². The highest BCUT2D eigenvalue weighted by molar-refractivity contribution is 7.12. The lowest BCUT2D eigenvalue weighted by molar-refractivity contribution is 0.103. The number of methoxy groups -OCH3 is 1. The van der Waals surface area contributed by atoms with E-state index in [0.29, 0.717) is 28.5 Å². The highest BCUT2D eigenvalue weighted by Crippen LogP contribution is 2.28. The molecule has 0 radical (unpaired) electrons. The van der Waals surface area contributed by atoms with E-state index in [9.17, 15) is 4.79 Å². The fourth-order valence-corrected chi connectivity index (χ4v) is 2.59. The zero-order valence-corrected chi connectivity index (χ0v) is 12.0. The number of aryl methyl sites for hydroxylation is 1. The molecule has 0 amide bonds. The van der Waals surface area contributed by atoms with Gasteiger partial charge in [-0.1, -0.05) is 11.6 Å². The van der Waals surface area contributed by atoms with E-state index in [1.54, 1.807) is 13.2 Å². The summed E-state index contributed by atoms with van der Waals surface area (Å²) in [7, 11) is 1.59. The van der Waals surface area contributed by atoms with Crippen LogP contribution in [0.5, 0.6) is 11.5 Å². The van der Waals surface area contributed by atoms with Crippen molar-refractivity contribution in [1.82, 2.24) is 0 Å². The summed E-state index contributed by atoms with van der Waals surface area (Å²) in [6.07, 6.45) is 0. The van der Waals surface area contributed by atoms with Crippen LogP contribution in [0.3, 0.4) is 0 Å². The van der Waals surface area contributed by atoms with Crippen molar-refractivity contribution in [2.45, 2.75) is 13.8 Å². The lowest BCUT2D eigenvalue weighted by Gasteiger charge is -2.09. The number of hydrogen-bond acceptors (Lipinski definition) is 4. The molecule has 4 heteroatoms. The first-order valence-electron chi connectivity index (χ1n) is 6.06. The molecule has 0 spiro atoms. The lowest BCUT2D eigenvalue weighted by atomic mass is 10.1. The summed E-state index contributed by atoms with van der Waals surface area (Å²) in [5.74, 6) is 1.31. The fourth-order valence-electron chi connectivity index (χ4n) is 1.78. The maximum Gasteiger partial charge on any atom is 0.206 e. The van der Waals surface area contributed by atoms with Crippen molar-refractivity contribution >= 4 is 17.1 Å². The Labute approximate surface area is 116 Å². The predicted molar refractivity (Wildman–Crippen MR) is 76.7 cm³/mol. The molecule has 0 aliphatic rings. The SMILES string of the molecule is CCOc1ccc(C)cc1C(=O)c1cc(OC)cs1. The second-order valence-corrected chi connectivity index (χ2v) is 5.02. The van der Waals surface area contributed by atoms with Crippen LogP contribution in [0.4, 0.5) is 0 Å². The van der Waals surface area contributed by atoms with Crippen LogP contribution < -0.4 is 9.47 Å². The van der Waals surface area contributed by atoms with E-state index in [0.717, 1.165) is 5.56 Å². The first kappa shape index (κ1) is 13.6. The molecule has 0 aliphatic heterocycles. The number of carbonyl (C=O) groups is 1. The van der Waals surface area contributed by atoms with Crippen LogP contribution in [0.2, 0.25) is 0 Å². The molecule has 100 valence electrons. The fraction of sp³-hybridized carbons (Fsp3) is 0.267. The summed E-state index contributed by atoms with van der Waals surface area (Å²) in [6.45, 7) is 4.40. The Bertz CT molecular complexity index is 587. The van der Waals surface area contributed by atoms with Gasteiger partial charge in [-0.2, -0.15) is 0 Å². The van der Waals surface area contributed by atoms with Gasteiger partial charge in [-0.15, -0.1) is 11.3 Å². The summed E-state index contributed by atoms with van der Waals surface area (Å²) >= 11 is 1.38. The van der Waals surface area contributed by atoms with E-state index < -0.39 is 0 Å². The van der Waals surface area contributed by atoms with Crippen molar-refractivity contribution in [3.05, 3.63) is 45.6 Å². The topological polar surface area (TPSA) is 35.5 Å². The minimum absolute atomic E-state index is 0.0274. The average Bonchev–Trinajstić information content (AvgIpc) is 2.89. The number of carbonyl (C=O) groups excluding carboxylic acids is 1. The zero-order chi connectivity index (χ0) is 13.8. The van der Waals surface area contributed by atoms with Crippen LogP contribution in [-0.2, 0) is 0 Å². The lowest BCUT2D eigenvalue weighted by Crippen LogP contribution is -2.04. The maximum atomic E-state index is 12.5. The van der Waals surface area contributed by atoms with Crippen LogP contribution in [0.15, 0.2) is 29.6 Å². The van der Waals surface area contributed by atoms with Gasteiger partial charge in [0.1, 0.15) is 11.5 Å². The number of benzene rings is 1. The summed E-state index contributed by atoms with van der Waals surface area (Å²) < 4.78 is 10.6. The number of rotatable bonds is 5. The zero-order valence-electron chi connectivity index (χ0n) is 11.2. The molecule has 1 aromatic carbocycles. The average molecular weight is 276 g/mol. The van der Waals surface area contributed by atoms with Gasteiger partial charge < -0.3 is 9.47 Å². The third-order valence-corrected chi connectivity index (χ3v) is 3.62. The quantitative estimate of drug-likeness (QED) is 0.781. The Hall–Kier alpha value is -1.81.